The minimum Gasteiger partial charge on any atom is -0.298 e. The van der Waals surface area contributed by atoms with E-state index in [1.165, 1.54) is 9.77 Å². The highest BCUT2D eigenvalue weighted by Gasteiger charge is 2.22. The van der Waals surface area contributed by atoms with Gasteiger partial charge in [0.25, 0.3) is 5.91 Å². The Morgan fingerprint density at radius 1 is 1.20 bits per heavy atom. The van der Waals surface area contributed by atoms with E-state index >= 15 is 0 Å². The maximum Gasteiger partial charge on any atom is 0.258 e. The van der Waals surface area contributed by atoms with Crippen LogP contribution in [0, 0.1) is 0 Å². The third kappa shape index (κ3) is 3.34. The van der Waals surface area contributed by atoms with E-state index in [1.807, 2.05) is 48.2 Å². The van der Waals surface area contributed by atoms with Crippen LogP contribution in [0.25, 0.3) is 11.3 Å². The number of thiazole rings is 1. The van der Waals surface area contributed by atoms with Gasteiger partial charge in [0.1, 0.15) is 0 Å². The van der Waals surface area contributed by atoms with Crippen LogP contribution in [0.4, 0.5) is 5.13 Å². The number of hydrogen-bond donors (Lipinski definition) is 1. The van der Waals surface area contributed by atoms with Gasteiger partial charge in [-0.25, -0.2) is 4.98 Å². The Hall–Kier alpha value is -1.76. The third-order valence-electron chi connectivity index (χ3n) is 3.85. The van der Waals surface area contributed by atoms with Crippen LogP contribution in [0.5, 0.6) is 0 Å². The maximum atomic E-state index is 12.7. The zero-order valence-corrected chi connectivity index (χ0v) is 16.1. The van der Waals surface area contributed by atoms with E-state index in [0.717, 1.165) is 27.7 Å². The molecule has 0 bridgehead atoms. The average Bonchev–Trinajstić information content (AvgIpc) is 3.05. The molecule has 0 radical (unpaired) electrons. The van der Waals surface area contributed by atoms with Gasteiger partial charge in [-0.15, -0.1) is 34.9 Å². The van der Waals surface area contributed by atoms with E-state index < -0.39 is 0 Å². The summed E-state index contributed by atoms with van der Waals surface area (Å²) in [5.74, 6) is 1.75. The number of amides is 1. The predicted molar refractivity (Wildman–Crippen MR) is 108 cm³/mol. The molecule has 0 aliphatic carbocycles. The van der Waals surface area contributed by atoms with Crippen LogP contribution < -0.4 is 5.32 Å². The lowest BCUT2D eigenvalue weighted by Crippen LogP contribution is -2.12. The lowest BCUT2D eigenvalue weighted by molar-refractivity contribution is 0.102. The molecule has 1 N–H and O–H groups in total. The number of anilines is 1. The van der Waals surface area contributed by atoms with Crippen LogP contribution in [0.2, 0.25) is 0 Å². The molecule has 1 aromatic heterocycles. The maximum absolute atomic E-state index is 12.7. The molecule has 3 nitrogen and oxygen atoms in total. The van der Waals surface area contributed by atoms with E-state index in [-0.39, 0.29) is 5.91 Å². The minimum absolute atomic E-state index is 0.0939. The number of rotatable bonds is 4. The van der Waals surface area contributed by atoms with Gasteiger partial charge in [-0.05, 0) is 24.0 Å². The molecule has 0 unspecified atom stereocenters. The van der Waals surface area contributed by atoms with Crippen molar-refractivity contribution in [3.8, 4) is 11.3 Å². The minimum atomic E-state index is -0.0939. The van der Waals surface area contributed by atoms with E-state index in [4.69, 9.17) is 4.98 Å². The number of aromatic nitrogens is 1. The van der Waals surface area contributed by atoms with Crippen molar-refractivity contribution in [2.75, 3.05) is 11.1 Å². The standard InChI is InChI=1S/C19H16N2OS3/c1-2-23-15-10-6-4-8-13(15)18(22)21-19-20-17-12-7-3-5-9-14(12)24-11-16(17)25-19/h3-10H,2,11H2,1H3,(H,20,21,22). The number of carbonyl (C=O) groups is 1. The first kappa shape index (κ1) is 16.7. The van der Waals surface area contributed by atoms with Gasteiger partial charge in [0, 0.05) is 26.0 Å². The first-order valence-electron chi connectivity index (χ1n) is 8.01. The Bertz CT molecular complexity index is 936. The monoisotopic (exact) mass is 384 g/mol. The number of fused-ring (bicyclic) bond motifs is 3. The average molecular weight is 385 g/mol. The summed E-state index contributed by atoms with van der Waals surface area (Å²) in [7, 11) is 0. The van der Waals surface area contributed by atoms with Crippen LogP contribution in [0.1, 0.15) is 22.2 Å². The molecule has 0 fully saturated rings. The first-order chi connectivity index (χ1) is 12.3. The fraction of sp³-hybridized carbons (Fsp3) is 0.158. The normalized spacial score (nSPS) is 12.4. The molecule has 3 aromatic rings. The van der Waals surface area contributed by atoms with Gasteiger partial charge in [0.2, 0.25) is 0 Å². The van der Waals surface area contributed by atoms with Crippen molar-refractivity contribution in [1.82, 2.24) is 4.98 Å². The fourth-order valence-corrected chi connectivity index (χ4v) is 5.64. The van der Waals surface area contributed by atoms with Gasteiger partial charge in [-0.2, -0.15) is 0 Å². The molecule has 4 rings (SSSR count). The van der Waals surface area contributed by atoms with Gasteiger partial charge < -0.3 is 0 Å². The van der Waals surface area contributed by atoms with Crippen molar-refractivity contribution >= 4 is 45.9 Å². The fourth-order valence-electron chi connectivity index (χ4n) is 2.74. The molecule has 1 aliphatic heterocycles. The van der Waals surface area contributed by atoms with Gasteiger partial charge in [0.05, 0.1) is 11.3 Å². The Balaban J connectivity index is 1.61. The van der Waals surface area contributed by atoms with Gasteiger partial charge in [0.15, 0.2) is 5.13 Å². The zero-order chi connectivity index (χ0) is 17.2. The number of hydrogen-bond acceptors (Lipinski definition) is 5. The summed E-state index contributed by atoms with van der Waals surface area (Å²) in [6, 6.07) is 16.0. The summed E-state index contributed by atoms with van der Waals surface area (Å²) < 4.78 is 0. The van der Waals surface area contributed by atoms with Crippen molar-refractivity contribution in [1.29, 1.82) is 0 Å². The number of nitrogens with one attached hydrogen (secondary N) is 1. The molecular formula is C19H16N2OS3. The molecule has 0 saturated heterocycles. The molecule has 25 heavy (non-hydrogen) atoms. The van der Waals surface area contributed by atoms with E-state index in [9.17, 15) is 4.79 Å². The number of nitrogens with zero attached hydrogens (tertiary/aromatic N) is 1. The van der Waals surface area contributed by atoms with E-state index in [1.54, 1.807) is 23.1 Å². The molecular weight excluding hydrogens is 368 g/mol. The van der Waals surface area contributed by atoms with Crippen molar-refractivity contribution in [2.45, 2.75) is 22.5 Å². The lowest BCUT2D eigenvalue weighted by atomic mass is 10.1. The summed E-state index contributed by atoms with van der Waals surface area (Å²) in [4.78, 5) is 20.9. The van der Waals surface area contributed by atoms with Crippen molar-refractivity contribution in [3.63, 3.8) is 0 Å². The Kier molecular flexibility index (Phi) is 4.83. The molecule has 126 valence electrons. The van der Waals surface area contributed by atoms with Crippen molar-refractivity contribution in [2.24, 2.45) is 0 Å². The predicted octanol–water partition coefficient (Wildman–Crippen LogP) is 5.78. The highest BCUT2D eigenvalue weighted by molar-refractivity contribution is 7.99. The van der Waals surface area contributed by atoms with E-state index in [0.29, 0.717) is 10.7 Å². The SMILES string of the molecule is CCSc1ccccc1C(=O)Nc1nc2c(s1)CSc1ccccc1-2. The molecule has 6 heteroatoms. The molecule has 0 saturated carbocycles. The number of benzene rings is 2. The van der Waals surface area contributed by atoms with Crippen molar-refractivity contribution in [3.05, 3.63) is 59.0 Å². The Morgan fingerprint density at radius 3 is 2.88 bits per heavy atom. The smallest absolute Gasteiger partial charge is 0.258 e. The Labute approximate surface area is 159 Å². The third-order valence-corrected chi connectivity index (χ3v) is 7.06. The van der Waals surface area contributed by atoms with Crippen LogP contribution in [-0.2, 0) is 5.75 Å². The van der Waals surface area contributed by atoms with Crippen LogP contribution in [-0.4, -0.2) is 16.6 Å². The van der Waals surface area contributed by atoms with Crippen LogP contribution in [0.3, 0.4) is 0 Å². The second-order valence-electron chi connectivity index (χ2n) is 5.46. The molecule has 2 heterocycles. The van der Waals surface area contributed by atoms with Crippen molar-refractivity contribution < 1.29 is 4.79 Å². The summed E-state index contributed by atoms with van der Waals surface area (Å²) >= 11 is 5.07. The van der Waals surface area contributed by atoms with Gasteiger partial charge in [-0.3, -0.25) is 10.1 Å². The highest BCUT2D eigenvalue weighted by atomic mass is 32.2. The number of carbonyl (C=O) groups excluding carboxylic acids is 1. The second-order valence-corrected chi connectivity index (χ2v) is 8.87. The van der Waals surface area contributed by atoms with Gasteiger partial charge in [-0.1, -0.05) is 37.3 Å². The summed E-state index contributed by atoms with van der Waals surface area (Å²) in [6.07, 6.45) is 0. The summed E-state index contributed by atoms with van der Waals surface area (Å²) in [6.45, 7) is 2.09. The van der Waals surface area contributed by atoms with Gasteiger partial charge >= 0.3 is 0 Å². The van der Waals surface area contributed by atoms with E-state index in [2.05, 4.69) is 24.4 Å². The molecule has 0 atom stereocenters. The van der Waals surface area contributed by atoms with Crippen LogP contribution in [0.15, 0.2) is 58.3 Å². The lowest BCUT2D eigenvalue weighted by Gasteiger charge is -2.13. The second kappa shape index (κ2) is 7.23. The molecule has 0 spiro atoms. The quantitative estimate of drug-likeness (QED) is 0.579. The highest BCUT2D eigenvalue weighted by Crippen LogP contribution is 2.44. The molecule has 1 amide bonds. The first-order valence-corrected chi connectivity index (χ1v) is 10.8. The topological polar surface area (TPSA) is 42.0 Å². The largest absolute Gasteiger partial charge is 0.298 e. The Morgan fingerprint density at radius 2 is 2.00 bits per heavy atom. The molecule has 1 aliphatic rings. The summed E-state index contributed by atoms with van der Waals surface area (Å²) in [5.41, 5.74) is 2.87. The van der Waals surface area contributed by atoms with Crippen LogP contribution >= 0.6 is 34.9 Å². The number of thioether (sulfide) groups is 2. The molecule has 2 aromatic carbocycles. The zero-order valence-electron chi connectivity index (χ0n) is 13.6. The summed E-state index contributed by atoms with van der Waals surface area (Å²) in [5, 5.41) is 3.66.